The molecule has 1 fully saturated rings. The number of aryl methyl sites for hydroxylation is 1. The van der Waals surface area contributed by atoms with Crippen LogP contribution in [0.4, 0.5) is 4.79 Å². The van der Waals surface area contributed by atoms with Crippen LogP contribution in [0.25, 0.3) is 0 Å². The number of nitriles is 1. The van der Waals surface area contributed by atoms with Crippen LogP contribution in [0.2, 0.25) is 5.02 Å². The number of hydrogen-bond donors (Lipinski definition) is 0. The van der Waals surface area contributed by atoms with E-state index in [1.165, 1.54) is 18.2 Å². The number of ether oxygens (including phenoxy) is 1. The number of rotatable bonds is 4. The van der Waals surface area contributed by atoms with Crippen molar-refractivity contribution in [1.82, 2.24) is 9.21 Å². The average Bonchev–Trinajstić information content (AvgIpc) is 2.78. The van der Waals surface area contributed by atoms with Crippen molar-refractivity contribution >= 4 is 40.4 Å². The quantitative estimate of drug-likeness (QED) is 0.437. The Morgan fingerprint density at radius 2 is 1.77 bits per heavy atom. The lowest BCUT2D eigenvalue weighted by Gasteiger charge is -2.35. The third-order valence-corrected chi connectivity index (χ3v) is 7.57. The summed E-state index contributed by atoms with van der Waals surface area (Å²) in [4.78, 5) is 16.3. The zero-order valence-electron chi connectivity index (χ0n) is 21.3. The molecule has 0 N–H and O–H groups in total. The number of hydrogen-bond acceptors (Lipinski definition) is 5. The van der Waals surface area contributed by atoms with Crippen LogP contribution in [0.1, 0.15) is 52.2 Å². The van der Waals surface area contributed by atoms with E-state index in [1.807, 2.05) is 56.3 Å². The van der Waals surface area contributed by atoms with Crippen LogP contribution in [0.3, 0.4) is 0 Å². The molecule has 1 amide bonds. The second-order valence-electron chi connectivity index (χ2n) is 9.19. The Morgan fingerprint density at radius 3 is 2.31 bits per heavy atom. The standard InChI is InChI=1S/C23H26ClN3O3S2.C3H8/c1-16-11-18(24)14-19(12-16)31-20-6-5-17(15-25)13-21(20)32(29)27-9-7-26(8-10-27)22(28)30-23(2,3)4;1-3-2/h5-6,11-14H,7-10H2,1-4H3;3H2,1-2H3. The van der Waals surface area contributed by atoms with Gasteiger partial charge in [0.25, 0.3) is 0 Å². The molecule has 0 bridgehead atoms. The first kappa shape index (κ1) is 29.2. The van der Waals surface area contributed by atoms with Crippen LogP contribution in [0.15, 0.2) is 51.1 Å². The second kappa shape index (κ2) is 13.3. The highest BCUT2D eigenvalue weighted by Crippen LogP contribution is 2.35. The predicted octanol–water partition coefficient (Wildman–Crippen LogP) is 6.66. The van der Waals surface area contributed by atoms with Crippen LogP contribution in [0, 0.1) is 18.3 Å². The molecule has 0 saturated carbocycles. The Labute approximate surface area is 221 Å². The van der Waals surface area contributed by atoms with E-state index in [-0.39, 0.29) is 6.09 Å². The van der Waals surface area contributed by atoms with Crippen LogP contribution in [0.5, 0.6) is 0 Å². The minimum absolute atomic E-state index is 0.359. The molecule has 9 heteroatoms. The van der Waals surface area contributed by atoms with Crippen molar-refractivity contribution in [2.45, 2.75) is 68.3 Å². The van der Waals surface area contributed by atoms with Gasteiger partial charge in [-0.1, -0.05) is 43.6 Å². The lowest BCUT2D eigenvalue weighted by Crippen LogP contribution is -2.50. The summed E-state index contributed by atoms with van der Waals surface area (Å²) in [5.41, 5.74) is 0.932. The molecule has 190 valence electrons. The van der Waals surface area contributed by atoms with Crippen molar-refractivity contribution in [3.63, 3.8) is 0 Å². The monoisotopic (exact) mass is 535 g/mol. The molecule has 1 unspecified atom stereocenters. The molecule has 6 nitrogen and oxygen atoms in total. The fourth-order valence-electron chi connectivity index (χ4n) is 3.19. The van der Waals surface area contributed by atoms with Gasteiger partial charge in [-0.15, -0.1) is 0 Å². The van der Waals surface area contributed by atoms with Gasteiger partial charge in [0.1, 0.15) is 16.6 Å². The molecule has 3 rings (SSSR count). The first-order valence-corrected chi connectivity index (χ1v) is 13.9. The van der Waals surface area contributed by atoms with E-state index in [4.69, 9.17) is 16.3 Å². The Kier molecular flexibility index (Phi) is 11.1. The second-order valence-corrected chi connectivity index (χ2v) is 12.2. The van der Waals surface area contributed by atoms with Crippen LogP contribution in [-0.4, -0.2) is 51.3 Å². The van der Waals surface area contributed by atoms with Crippen molar-refractivity contribution in [3.05, 3.63) is 52.5 Å². The number of benzene rings is 2. The number of carbonyl (C=O) groups is 1. The summed E-state index contributed by atoms with van der Waals surface area (Å²) in [7, 11) is -1.48. The molecule has 1 aliphatic heterocycles. The van der Waals surface area contributed by atoms with Crippen molar-refractivity contribution in [1.29, 1.82) is 5.26 Å². The molecular formula is C26H34ClN3O3S2. The Balaban J connectivity index is 0.00000137. The van der Waals surface area contributed by atoms with Gasteiger partial charge in [0.15, 0.2) is 0 Å². The maximum Gasteiger partial charge on any atom is 0.410 e. The van der Waals surface area contributed by atoms with Gasteiger partial charge in [0.2, 0.25) is 0 Å². The molecule has 1 saturated heterocycles. The maximum atomic E-state index is 13.5. The van der Waals surface area contributed by atoms with E-state index in [9.17, 15) is 14.3 Å². The van der Waals surface area contributed by atoms with Gasteiger partial charge >= 0.3 is 6.09 Å². The van der Waals surface area contributed by atoms with Crippen LogP contribution in [-0.2, 0) is 15.7 Å². The number of halogens is 1. The number of amides is 1. The van der Waals surface area contributed by atoms with Gasteiger partial charge in [-0.2, -0.15) is 5.26 Å². The van der Waals surface area contributed by atoms with Gasteiger partial charge < -0.3 is 9.64 Å². The largest absolute Gasteiger partial charge is 0.444 e. The zero-order valence-corrected chi connectivity index (χ0v) is 23.6. The fraction of sp³-hybridized carbons (Fsp3) is 0.462. The molecule has 1 heterocycles. The number of piperazine rings is 1. The lowest BCUT2D eigenvalue weighted by molar-refractivity contribution is 0.0195. The smallest absolute Gasteiger partial charge is 0.410 e. The number of carbonyl (C=O) groups excluding carboxylic acids is 1. The molecule has 0 radical (unpaired) electrons. The zero-order chi connectivity index (χ0) is 26.2. The van der Waals surface area contributed by atoms with Gasteiger partial charge in [-0.3, -0.25) is 0 Å². The van der Waals surface area contributed by atoms with Crippen molar-refractivity contribution in [2.75, 3.05) is 26.2 Å². The molecule has 0 aliphatic carbocycles. The SMILES string of the molecule is CCC.Cc1cc(Cl)cc(Sc2ccc(C#N)cc2S(=O)N2CCN(C(=O)OC(C)(C)C)CC2)c1. The minimum Gasteiger partial charge on any atom is -0.444 e. The predicted molar refractivity (Wildman–Crippen MR) is 143 cm³/mol. The average molecular weight is 536 g/mol. The van der Waals surface area contributed by atoms with Gasteiger partial charge in [-0.05, 0) is 69.7 Å². The Bertz CT molecular complexity index is 1070. The highest BCUT2D eigenvalue weighted by molar-refractivity contribution is 7.99. The third-order valence-electron chi connectivity index (χ3n) is 4.63. The molecule has 35 heavy (non-hydrogen) atoms. The summed E-state index contributed by atoms with van der Waals surface area (Å²) in [6.45, 7) is 13.5. The maximum absolute atomic E-state index is 13.5. The molecule has 1 aliphatic rings. The fourth-order valence-corrected chi connectivity index (χ4v) is 6.10. The Hall–Kier alpha value is -2.05. The molecule has 2 aromatic rings. The molecule has 1 atom stereocenters. The summed E-state index contributed by atoms with van der Waals surface area (Å²) in [6, 6.07) is 13.1. The first-order chi connectivity index (χ1) is 16.5. The van der Waals surface area contributed by atoms with E-state index in [0.717, 1.165) is 15.4 Å². The first-order valence-electron chi connectivity index (χ1n) is 11.6. The van der Waals surface area contributed by atoms with E-state index >= 15 is 0 Å². The summed E-state index contributed by atoms with van der Waals surface area (Å²) >= 11 is 7.67. The van der Waals surface area contributed by atoms with Crippen LogP contribution >= 0.6 is 23.4 Å². The topological polar surface area (TPSA) is 73.6 Å². The summed E-state index contributed by atoms with van der Waals surface area (Å²) < 4.78 is 20.7. The molecule has 0 aromatic heterocycles. The lowest BCUT2D eigenvalue weighted by atomic mass is 10.2. The van der Waals surface area contributed by atoms with Gasteiger partial charge in [0.05, 0.1) is 16.5 Å². The molecular weight excluding hydrogens is 502 g/mol. The van der Waals surface area contributed by atoms with E-state index in [0.29, 0.717) is 41.7 Å². The molecule has 2 aromatic carbocycles. The van der Waals surface area contributed by atoms with E-state index < -0.39 is 16.6 Å². The van der Waals surface area contributed by atoms with Crippen molar-refractivity contribution in [2.24, 2.45) is 0 Å². The molecule has 0 spiro atoms. The van der Waals surface area contributed by atoms with E-state index in [1.54, 1.807) is 17.0 Å². The minimum atomic E-state index is -1.48. The highest BCUT2D eigenvalue weighted by atomic mass is 35.5. The third kappa shape index (κ3) is 9.16. The van der Waals surface area contributed by atoms with E-state index in [2.05, 4.69) is 19.9 Å². The number of nitrogens with zero attached hydrogens (tertiary/aromatic N) is 3. The van der Waals surface area contributed by atoms with Gasteiger partial charge in [-0.25, -0.2) is 13.3 Å². The summed E-state index contributed by atoms with van der Waals surface area (Å²) in [5.74, 6) is 0. The van der Waals surface area contributed by atoms with Crippen molar-refractivity contribution < 1.29 is 13.7 Å². The Morgan fingerprint density at radius 1 is 1.14 bits per heavy atom. The summed E-state index contributed by atoms with van der Waals surface area (Å²) in [6.07, 6.45) is 0.891. The van der Waals surface area contributed by atoms with Crippen molar-refractivity contribution in [3.8, 4) is 6.07 Å². The summed E-state index contributed by atoms with van der Waals surface area (Å²) in [5, 5.41) is 9.99. The highest BCUT2D eigenvalue weighted by Gasteiger charge is 2.29. The van der Waals surface area contributed by atoms with Gasteiger partial charge in [0, 0.05) is 41.0 Å². The normalized spacial score (nSPS) is 15.0. The van der Waals surface area contributed by atoms with Crippen LogP contribution < -0.4 is 0 Å².